The lowest BCUT2D eigenvalue weighted by Gasteiger charge is -2.30. The van der Waals surface area contributed by atoms with E-state index in [1.54, 1.807) is 19.2 Å². The lowest BCUT2D eigenvalue weighted by atomic mass is 10.1. The monoisotopic (exact) mass is 279 g/mol. The molecule has 0 aliphatic rings. The van der Waals surface area contributed by atoms with E-state index in [-0.39, 0.29) is 11.9 Å². The van der Waals surface area contributed by atoms with Crippen molar-refractivity contribution in [3.63, 3.8) is 0 Å². The van der Waals surface area contributed by atoms with Crippen molar-refractivity contribution in [2.45, 2.75) is 26.8 Å². The number of carbonyl (C=O) groups excluding carboxylic acids is 1. The molecule has 3 N–H and O–H groups in total. The van der Waals surface area contributed by atoms with Gasteiger partial charge in [0.1, 0.15) is 0 Å². The van der Waals surface area contributed by atoms with Crippen LogP contribution < -0.4 is 16.0 Å². The summed E-state index contributed by atoms with van der Waals surface area (Å²) in [7, 11) is 1.67. The van der Waals surface area contributed by atoms with E-state index in [1.807, 2.05) is 13.0 Å². The number of carbonyl (C=O) groups is 1. The normalized spacial score (nSPS) is 10.7. The third kappa shape index (κ3) is 4.13. The zero-order valence-electron chi connectivity index (χ0n) is 12.8. The fraction of sp³-hybridized carbons (Fsp3) is 0.533. The third-order valence-electron chi connectivity index (χ3n) is 3.10. The summed E-state index contributed by atoms with van der Waals surface area (Å²) in [5, 5.41) is 2.80. The van der Waals surface area contributed by atoms with Gasteiger partial charge in [-0.25, -0.2) is 0 Å². The number of amides is 1. The molecule has 1 amide bonds. The SMILES string of the molecule is CCNC(=O)c1ccc(N)c(N(CCOC)C(C)C)c1. The Morgan fingerprint density at radius 1 is 1.45 bits per heavy atom. The highest BCUT2D eigenvalue weighted by molar-refractivity contribution is 5.96. The summed E-state index contributed by atoms with van der Waals surface area (Å²) >= 11 is 0. The number of nitrogens with two attached hydrogens (primary N) is 1. The van der Waals surface area contributed by atoms with Crippen molar-refractivity contribution >= 4 is 17.3 Å². The van der Waals surface area contributed by atoms with Gasteiger partial charge in [0.15, 0.2) is 0 Å². The zero-order valence-corrected chi connectivity index (χ0v) is 12.8. The summed E-state index contributed by atoms with van der Waals surface area (Å²) in [6.45, 7) is 8.03. The van der Waals surface area contributed by atoms with E-state index < -0.39 is 0 Å². The molecule has 1 aromatic carbocycles. The summed E-state index contributed by atoms with van der Waals surface area (Å²) in [5.41, 5.74) is 8.23. The summed E-state index contributed by atoms with van der Waals surface area (Å²) in [5.74, 6) is -0.0794. The highest BCUT2D eigenvalue weighted by atomic mass is 16.5. The number of nitrogens with zero attached hydrogens (tertiary/aromatic N) is 1. The van der Waals surface area contributed by atoms with Crippen LogP contribution in [0.5, 0.6) is 0 Å². The number of hydrogen-bond donors (Lipinski definition) is 2. The highest BCUT2D eigenvalue weighted by Crippen LogP contribution is 2.26. The van der Waals surface area contributed by atoms with Crippen molar-refractivity contribution in [1.82, 2.24) is 5.32 Å². The minimum absolute atomic E-state index is 0.0794. The maximum absolute atomic E-state index is 11.9. The van der Waals surface area contributed by atoms with Gasteiger partial charge in [0, 0.05) is 31.8 Å². The van der Waals surface area contributed by atoms with Crippen LogP contribution in [-0.2, 0) is 4.74 Å². The van der Waals surface area contributed by atoms with Gasteiger partial charge in [-0.05, 0) is 39.0 Å². The van der Waals surface area contributed by atoms with Gasteiger partial charge in [-0.3, -0.25) is 4.79 Å². The maximum atomic E-state index is 11.9. The predicted molar refractivity (Wildman–Crippen MR) is 83.2 cm³/mol. The molecule has 0 heterocycles. The maximum Gasteiger partial charge on any atom is 0.251 e. The smallest absolute Gasteiger partial charge is 0.251 e. The molecule has 1 aromatic rings. The number of nitrogens with one attached hydrogen (secondary N) is 1. The molecule has 0 aliphatic carbocycles. The van der Waals surface area contributed by atoms with Crippen LogP contribution in [0.3, 0.4) is 0 Å². The number of benzene rings is 1. The van der Waals surface area contributed by atoms with E-state index in [9.17, 15) is 4.79 Å². The van der Waals surface area contributed by atoms with Crippen LogP contribution in [0.15, 0.2) is 18.2 Å². The first-order valence-corrected chi connectivity index (χ1v) is 6.94. The molecule has 0 saturated carbocycles. The average Bonchev–Trinajstić information content (AvgIpc) is 2.41. The summed E-state index contributed by atoms with van der Waals surface area (Å²) in [6.07, 6.45) is 0. The molecule has 112 valence electrons. The zero-order chi connectivity index (χ0) is 15.1. The fourth-order valence-corrected chi connectivity index (χ4v) is 2.04. The van der Waals surface area contributed by atoms with Crippen LogP contribution in [0.25, 0.3) is 0 Å². The molecule has 5 nitrogen and oxygen atoms in total. The van der Waals surface area contributed by atoms with Crippen molar-refractivity contribution in [2.24, 2.45) is 0 Å². The minimum Gasteiger partial charge on any atom is -0.397 e. The second kappa shape index (κ2) is 7.75. The van der Waals surface area contributed by atoms with E-state index in [1.165, 1.54) is 0 Å². The molecule has 0 fully saturated rings. The summed E-state index contributed by atoms with van der Waals surface area (Å²) < 4.78 is 5.14. The number of rotatable bonds is 7. The van der Waals surface area contributed by atoms with Gasteiger partial charge in [-0.1, -0.05) is 0 Å². The Kier molecular flexibility index (Phi) is 6.31. The molecule has 0 aromatic heterocycles. The van der Waals surface area contributed by atoms with Gasteiger partial charge >= 0.3 is 0 Å². The molecule has 0 atom stereocenters. The molecule has 0 saturated heterocycles. The molecule has 0 aliphatic heterocycles. The highest BCUT2D eigenvalue weighted by Gasteiger charge is 2.15. The molecular weight excluding hydrogens is 254 g/mol. The van der Waals surface area contributed by atoms with Gasteiger partial charge < -0.3 is 20.7 Å². The van der Waals surface area contributed by atoms with Crippen LogP contribution in [-0.4, -0.2) is 38.8 Å². The molecule has 20 heavy (non-hydrogen) atoms. The van der Waals surface area contributed by atoms with Crippen molar-refractivity contribution < 1.29 is 9.53 Å². The molecule has 0 spiro atoms. The number of ether oxygens (including phenoxy) is 1. The van der Waals surface area contributed by atoms with Crippen molar-refractivity contribution in [3.8, 4) is 0 Å². The van der Waals surface area contributed by atoms with E-state index in [2.05, 4.69) is 24.1 Å². The minimum atomic E-state index is -0.0794. The first-order valence-electron chi connectivity index (χ1n) is 6.94. The molecule has 5 heteroatoms. The number of nitrogen functional groups attached to an aromatic ring is 1. The summed E-state index contributed by atoms with van der Waals surface area (Å²) in [6, 6.07) is 5.65. The molecule has 1 rings (SSSR count). The first kappa shape index (κ1) is 16.3. The van der Waals surface area contributed by atoms with Crippen LogP contribution in [0, 0.1) is 0 Å². The van der Waals surface area contributed by atoms with Crippen molar-refractivity contribution in [3.05, 3.63) is 23.8 Å². The van der Waals surface area contributed by atoms with E-state index >= 15 is 0 Å². The standard InChI is InChI=1S/C15H25N3O2/c1-5-17-15(19)12-6-7-13(16)14(10-12)18(11(2)3)8-9-20-4/h6-7,10-11H,5,8-9,16H2,1-4H3,(H,17,19). The molecule has 0 unspecified atom stereocenters. The number of anilines is 2. The van der Waals surface area contributed by atoms with Crippen LogP contribution in [0.1, 0.15) is 31.1 Å². The lowest BCUT2D eigenvalue weighted by Crippen LogP contribution is -2.34. The van der Waals surface area contributed by atoms with Gasteiger partial charge in [-0.15, -0.1) is 0 Å². The van der Waals surface area contributed by atoms with Gasteiger partial charge in [0.25, 0.3) is 5.91 Å². The Hall–Kier alpha value is -1.75. The van der Waals surface area contributed by atoms with E-state index in [4.69, 9.17) is 10.5 Å². The second-order valence-corrected chi connectivity index (χ2v) is 4.91. The van der Waals surface area contributed by atoms with Crippen LogP contribution in [0.4, 0.5) is 11.4 Å². The van der Waals surface area contributed by atoms with Crippen molar-refractivity contribution in [1.29, 1.82) is 0 Å². The Labute approximate surface area is 121 Å². The van der Waals surface area contributed by atoms with E-state index in [0.29, 0.717) is 24.4 Å². The average molecular weight is 279 g/mol. The topological polar surface area (TPSA) is 67.6 Å². The molecule has 0 radical (unpaired) electrons. The lowest BCUT2D eigenvalue weighted by molar-refractivity contribution is 0.0956. The fourth-order valence-electron chi connectivity index (χ4n) is 2.04. The number of methoxy groups -OCH3 is 1. The largest absolute Gasteiger partial charge is 0.397 e. The Balaban J connectivity index is 3.07. The Morgan fingerprint density at radius 2 is 2.15 bits per heavy atom. The second-order valence-electron chi connectivity index (χ2n) is 4.91. The first-order chi connectivity index (χ1) is 9.51. The van der Waals surface area contributed by atoms with Crippen LogP contribution >= 0.6 is 0 Å². The summed E-state index contributed by atoms with van der Waals surface area (Å²) in [4.78, 5) is 14.1. The van der Waals surface area contributed by atoms with Crippen molar-refractivity contribution in [2.75, 3.05) is 37.4 Å². The van der Waals surface area contributed by atoms with Gasteiger partial charge in [0.2, 0.25) is 0 Å². The predicted octanol–water partition coefficient (Wildman–Crippen LogP) is 1.88. The van der Waals surface area contributed by atoms with E-state index in [0.717, 1.165) is 12.2 Å². The Bertz CT molecular complexity index is 447. The Morgan fingerprint density at radius 3 is 2.70 bits per heavy atom. The molecular formula is C15H25N3O2. The number of hydrogen-bond acceptors (Lipinski definition) is 4. The molecule has 0 bridgehead atoms. The van der Waals surface area contributed by atoms with Gasteiger partial charge in [0.05, 0.1) is 18.0 Å². The third-order valence-corrected chi connectivity index (χ3v) is 3.10. The van der Waals surface area contributed by atoms with Crippen LogP contribution in [0.2, 0.25) is 0 Å². The van der Waals surface area contributed by atoms with Gasteiger partial charge in [-0.2, -0.15) is 0 Å². The quantitative estimate of drug-likeness (QED) is 0.748.